The third kappa shape index (κ3) is 2.14. The maximum absolute atomic E-state index is 5.94. The van der Waals surface area contributed by atoms with Crippen molar-refractivity contribution in [3.8, 4) is 0 Å². The van der Waals surface area contributed by atoms with Crippen molar-refractivity contribution in [2.75, 3.05) is 6.26 Å². The molecule has 11 heavy (non-hydrogen) atoms. The zero-order valence-corrected chi connectivity index (χ0v) is 8.30. The van der Waals surface area contributed by atoms with Crippen molar-refractivity contribution in [3.05, 3.63) is 28.8 Å². The molecular formula is C9H11ClS. The van der Waals surface area contributed by atoms with Crippen molar-refractivity contribution in [3.63, 3.8) is 0 Å². The Morgan fingerprint density at radius 2 is 2.18 bits per heavy atom. The van der Waals surface area contributed by atoms with Crippen LogP contribution in [0, 0.1) is 0 Å². The van der Waals surface area contributed by atoms with Gasteiger partial charge in [-0.25, -0.2) is 0 Å². The summed E-state index contributed by atoms with van der Waals surface area (Å²) in [7, 11) is 0. The van der Waals surface area contributed by atoms with Gasteiger partial charge in [-0.2, -0.15) is 0 Å². The summed E-state index contributed by atoms with van der Waals surface area (Å²) in [6.07, 6.45) is 3.08. The number of benzene rings is 1. The first kappa shape index (κ1) is 8.95. The SMILES string of the molecule is CCc1cc(SC)ccc1Cl. The van der Waals surface area contributed by atoms with Crippen LogP contribution in [0.5, 0.6) is 0 Å². The number of aryl methyl sites for hydroxylation is 1. The molecule has 1 aromatic carbocycles. The fourth-order valence-corrected chi connectivity index (χ4v) is 1.66. The fourth-order valence-electron chi connectivity index (χ4n) is 0.949. The molecule has 60 valence electrons. The molecule has 0 aliphatic heterocycles. The van der Waals surface area contributed by atoms with Crippen LogP contribution < -0.4 is 0 Å². The Bertz CT molecular complexity index is 245. The standard InChI is InChI=1S/C9H11ClS/c1-3-7-6-8(11-2)4-5-9(7)10/h4-6H,3H2,1-2H3. The summed E-state index contributed by atoms with van der Waals surface area (Å²) in [6, 6.07) is 6.16. The molecule has 0 aromatic heterocycles. The van der Waals surface area contributed by atoms with Crippen molar-refractivity contribution >= 4 is 23.4 Å². The molecule has 0 bridgehead atoms. The summed E-state index contributed by atoms with van der Waals surface area (Å²) in [5, 5.41) is 0.880. The molecule has 0 radical (unpaired) electrons. The molecule has 1 rings (SSSR count). The molecule has 0 unspecified atom stereocenters. The van der Waals surface area contributed by atoms with Gasteiger partial charge in [0.05, 0.1) is 0 Å². The Labute approximate surface area is 77.0 Å². The van der Waals surface area contributed by atoms with Gasteiger partial charge in [0.15, 0.2) is 0 Å². The number of hydrogen-bond donors (Lipinski definition) is 0. The second-order valence-electron chi connectivity index (χ2n) is 2.31. The Balaban J connectivity index is 3.02. The van der Waals surface area contributed by atoms with Crippen molar-refractivity contribution in [1.82, 2.24) is 0 Å². The lowest BCUT2D eigenvalue weighted by atomic mass is 10.2. The molecule has 0 fully saturated rings. The first-order valence-electron chi connectivity index (χ1n) is 3.60. The molecule has 0 amide bonds. The molecule has 1 aromatic rings. The Morgan fingerprint density at radius 1 is 1.45 bits per heavy atom. The second kappa shape index (κ2) is 4.03. The molecule has 0 saturated carbocycles. The van der Waals surface area contributed by atoms with Gasteiger partial charge in [-0.05, 0) is 36.4 Å². The highest BCUT2D eigenvalue weighted by atomic mass is 35.5. The summed E-state index contributed by atoms with van der Waals surface area (Å²) < 4.78 is 0. The molecule has 0 atom stereocenters. The van der Waals surface area contributed by atoms with E-state index < -0.39 is 0 Å². The van der Waals surface area contributed by atoms with Crippen LogP contribution >= 0.6 is 23.4 Å². The molecule has 0 aliphatic carbocycles. The van der Waals surface area contributed by atoms with Gasteiger partial charge in [-0.15, -0.1) is 11.8 Å². The molecule has 2 heteroatoms. The zero-order chi connectivity index (χ0) is 8.27. The van der Waals surface area contributed by atoms with E-state index in [0.29, 0.717) is 0 Å². The Kier molecular flexibility index (Phi) is 3.28. The van der Waals surface area contributed by atoms with Crippen LogP contribution in [-0.2, 0) is 6.42 Å². The van der Waals surface area contributed by atoms with Crippen LogP contribution in [0.2, 0.25) is 5.02 Å². The van der Waals surface area contributed by atoms with E-state index in [4.69, 9.17) is 11.6 Å². The minimum absolute atomic E-state index is 0.880. The van der Waals surface area contributed by atoms with Crippen molar-refractivity contribution in [2.45, 2.75) is 18.2 Å². The highest BCUT2D eigenvalue weighted by Gasteiger charge is 1.97. The van der Waals surface area contributed by atoms with Gasteiger partial charge < -0.3 is 0 Å². The molecular weight excluding hydrogens is 176 g/mol. The average molecular weight is 187 g/mol. The van der Waals surface area contributed by atoms with Crippen LogP contribution in [0.15, 0.2) is 23.1 Å². The molecule has 0 saturated heterocycles. The third-order valence-electron chi connectivity index (χ3n) is 1.63. The van der Waals surface area contributed by atoms with Crippen molar-refractivity contribution in [2.24, 2.45) is 0 Å². The molecule has 0 spiro atoms. The summed E-state index contributed by atoms with van der Waals surface area (Å²) in [4.78, 5) is 1.28. The van der Waals surface area contributed by atoms with E-state index in [2.05, 4.69) is 19.2 Å². The van der Waals surface area contributed by atoms with E-state index >= 15 is 0 Å². The van der Waals surface area contributed by atoms with Crippen LogP contribution in [0.25, 0.3) is 0 Å². The van der Waals surface area contributed by atoms with Gasteiger partial charge in [0, 0.05) is 9.92 Å². The lowest BCUT2D eigenvalue weighted by Gasteiger charge is -2.02. The van der Waals surface area contributed by atoms with Gasteiger partial charge in [0.25, 0.3) is 0 Å². The lowest BCUT2D eigenvalue weighted by Crippen LogP contribution is -1.82. The number of rotatable bonds is 2. The molecule has 0 N–H and O–H groups in total. The highest BCUT2D eigenvalue weighted by molar-refractivity contribution is 7.98. The topological polar surface area (TPSA) is 0 Å². The smallest absolute Gasteiger partial charge is 0.0438 e. The predicted octanol–water partition coefficient (Wildman–Crippen LogP) is 3.62. The summed E-state index contributed by atoms with van der Waals surface area (Å²) >= 11 is 7.69. The number of hydrogen-bond acceptors (Lipinski definition) is 1. The minimum atomic E-state index is 0.880. The van der Waals surface area contributed by atoms with Gasteiger partial charge >= 0.3 is 0 Å². The van der Waals surface area contributed by atoms with E-state index in [1.165, 1.54) is 10.5 Å². The van der Waals surface area contributed by atoms with E-state index in [1.54, 1.807) is 11.8 Å². The van der Waals surface area contributed by atoms with Crippen LogP contribution in [0.4, 0.5) is 0 Å². The van der Waals surface area contributed by atoms with Crippen molar-refractivity contribution < 1.29 is 0 Å². The van der Waals surface area contributed by atoms with Gasteiger partial charge in [-0.3, -0.25) is 0 Å². The van der Waals surface area contributed by atoms with E-state index in [0.717, 1.165) is 11.4 Å². The van der Waals surface area contributed by atoms with Crippen LogP contribution in [0.1, 0.15) is 12.5 Å². The third-order valence-corrected chi connectivity index (χ3v) is 2.73. The maximum atomic E-state index is 5.94. The highest BCUT2D eigenvalue weighted by Crippen LogP contribution is 2.22. The van der Waals surface area contributed by atoms with E-state index in [1.807, 2.05) is 12.1 Å². The predicted molar refractivity (Wildman–Crippen MR) is 52.6 cm³/mol. The molecule has 0 aliphatic rings. The maximum Gasteiger partial charge on any atom is 0.0438 e. The van der Waals surface area contributed by atoms with Crippen LogP contribution in [0.3, 0.4) is 0 Å². The fraction of sp³-hybridized carbons (Fsp3) is 0.333. The van der Waals surface area contributed by atoms with E-state index in [-0.39, 0.29) is 0 Å². The molecule has 0 heterocycles. The lowest BCUT2D eigenvalue weighted by molar-refractivity contribution is 1.12. The average Bonchev–Trinajstić information content (AvgIpc) is 2.05. The summed E-state index contributed by atoms with van der Waals surface area (Å²) in [6.45, 7) is 2.12. The molecule has 0 nitrogen and oxygen atoms in total. The minimum Gasteiger partial charge on any atom is -0.130 e. The second-order valence-corrected chi connectivity index (χ2v) is 3.60. The van der Waals surface area contributed by atoms with Gasteiger partial charge in [-0.1, -0.05) is 18.5 Å². The Hall–Kier alpha value is -0.140. The Morgan fingerprint density at radius 3 is 2.73 bits per heavy atom. The monoisotopic (exact) mass is 186 g/mol. The van der Waals surface area contributed by atoms with Crippen LogP contribution in [-0.4, -0.2) is 6.26 Å². The first-order valence-corrected chi connectivity index (χ1v) is 5.20. The van der Waals surface area contributed by atoms with Crippen molar-refractivity contribution in [1.29, 1.82) is 0 Å². The zero-order valence-electron chi connectivity index (χ0n) is 6.73. The number of halogens is 1. The summed E-state index contributed by atoms with van der Waals surface area (Å²) in [5.74, 6) is 0. The first-order chi connectivity index (χ1) is 5.27. The normalized spacial score (nSPS) is 10.1. The number of thioether (sulfide) groups is 1. The van der Waals surface area contributed by atoms with E-state index in [9.17, 15) is 0 Å². The summed E-state index contributed by atoms with van der Waals surface area (Å²) in [5.41, 5.74) is 1.23. The quantitative estimate of drug-likeness (QED) is 0.636. The van der Waals surface area contributed by atoms with Gasteiger partial charge in [0.2, 0.25) is 0 Å². The van der Waals surface area contributed by atoms with Gasteiger partial charge in [0.1, 0.15) is 0 Å². The largest absolute Gasteiger partial charge is 0.130 e.